The van der Waals surface area contributed by atoms with Crippen molar-refractivity contribution in [2.24, 2.45) is 22.9 Å². The topological polar surface area (TPSA) is 24.4 Å². The molecule has 2 aliphatic rings. The molecule has 1 aliphatic carbocycles. The first-order valence-electron chi connectivity index (χ1n) is 7.12. The van der Waals surface area contributed by atoms with Crippen LogP contribution in [0.1, 0.15) is 59.8 Å². The normalized spacial score (nSPS) is 30.3. The molecule has 2 rings (SSSR count). The maximum absolute atomic E-state index is 4.52. The number of rotatable bonds is 1. The van der Waals surface area contributed by atoms with Gasteiger partial charge in [0, 0.05) is 17.3 Å². The highest BCUT2D eigenvalue weighted by molar-refractivity contribution is 5.87. The van der Waals surface area contributed by atoms with Gasteiger partial charge in [-0.15, -0.1) is 0 Å². The summed E-state index contributed by atoms with van der Waals surface area (Å²) in [5, 5.41) is 4.52. The van der Waals surface area contributed by atoms with Gasteiger partial charge in [0.15, 0.2) is 0 Å². The van der Waals surface area contributed by atoms with Crippen LogP contribution in [0.3, 0.4) is 0 Å². The molecule has 2 unspecified atom stereocenters. The van der Waals surface area contributed by atoms with Crippen LogP contribution in [0.5, 0.6) is 0 Å². The summed E-state index contributed by atoms with van der Waals surface area (Å²) in [6, 6.07) is 0. The third-order valence-electron chi connectivity index (χ3n) is 4.29. The molecule has 2 heteroatoms. The minimum atomic E-state index is 0.571. The maximum Gasteiger partial charge on any atom is 0.0423 e. The zero-order chi connectivity index (χ0) is 12.4. The van der Waals surface area contributed by atoms with Gasteiger partial charge in [-0.3, -0.25) is 5.43 Å². The van der Waals surface area contributed by atoms with Crippen molar-refractivity contribution in [2.75, 3.05) is 0 Å². The standard InChI is InChI=1S/C15H26N2/c1-10(2)15-14-7-5-6-11(3)8-9-13(14)12(4)16-17-15/h10-11,13,17H,5-9H2,1-4H3. The third kappa shape index (κ3) is 2.72. The van der Waals surface area contributed by atoms with E-state index in [1.54, 1.807) is 5.57 Å². The summed E-state index contributed by atoms with van der Waals surface area (Å²) in [6.45, 7) is 9.11. The monoisotopic (exact) mass is 234 g/mol. The summed E-state index contributed by atoms with van der Waals surface area (Å²) < 4.78 is 0. The molecule has 0 aromatic heterocycles. The van der Waals surface area contributed by atoms with Gasteiger partial charge in [0.25, 0.3) is 0 Å². The van der Waals surface area contributed by atoms with Crippen LogP contribution in [0.4, 0.5) is 0 Å². The molecule has 2 nitrogen and oxygen atoms in total. The first-order chi connectivity index (χ1) is 8.09. The molecule has 0 saturated heterocycles. The second kappa shape index (κ2) is 5.24. The molecule has 1 N–H and O–H groups in total. The van der Waals surface area contributed by atoms with Crippen LogP contribution < -0.4 is 5.43 Å². The van der Waals surface area contributed by atoms with Gasteiger partial charge in [-0.2, -0.15) is 5.10 Å². The number of hydrogen-bond acceptors (Lipinski definition) is 2. The fourth-order valence-corrected chi connectivity index (χ4v) is 3.17. The fraction of sp³-hybridized carbons (Fsp3) is 0.800. The molecule has 17 heavy (non-hydrogen) atoms. The summed E-state index contributed by atoms with van der Waals surface area (Å²) in [7, 11) is 0. The minimum absolute atomic E-state index is 0.571. The van der Waals surface area contributed by atoms with Gasteiger partial charge in [-0.05, 0) is 50.0 Å². The first-order valence-corrected chi connectivity index (χ1v) is 7.12. The lowest BCUT2D eigenvalue weighted by Crippen LogP contribution is -2.30. The molecule has 0 amide bonds. The molecule has 0 aromatic rings. The van der Waals surface area contributed by atoms with Crippen LogP contribution in [-0.2, 0) is 0 Å². The van der Waals surface area contributed by atoms with Crippen molar-refractivity contribution in [3.63, 3.8) is 0 Å². The van der Waals surface area contributed by atoms with E-state index in [1.165, 1.54) is 43.5 Å². The van der Waals surface area contributed by atoms with E-state index in [4.69, 9.17) is 0 Å². The van der Waals surface area contributed by atoms with Gasteiger partial charge in [-0.25, -0.2) is 0 Å². The Morgan fingerprint density at radius 2 is 2.00 bits per heavy atom. The van der Waals surface area contributed by atoms with Crippen molar-refractivity contribution in [3.8, 4) is 0 Å². The van der Waals surface area contributed by atoms with E-state index in [2.05, 4.69) is 38.2 Å². The Kier molecular flexibility index (Phi) is 3.90. The average molecular weight is 234 g/mol. The second-order valence-electron chi connectivity index (χ2n) is 6.09. The molecular formula is C15H26N2. The zero-order valence-electron chi connectivity index (χ0n) is 11.7. The van der Waals surface area contributed by atoms with E-state index < -0.39 is 0 Å². The molecule has 1 aliphatic heterocycles. The molecule has 0 spiro atoms. The highest BCUT2D eigenvalue weighted by Crippen LogP contribution is 2.35. The predicted molar refractivity (Wildman–Crippen MR) is 73.8 cm³/mol. The quantitative estimate of drug-likeness (QED) is 0.726. The summed E-state index contributed by atoms with van der Waals surface area (Å²) in [4.78, 5) is 0. The van der Waals surface area contributed by atoms with Gasteiger partial charge in [0.05, 0.1) is 0 Å². The fourth-order valence-electron chi connectivity index (χ4n) is 3.17. The van der Waals surface area contributed by atoms with Crippen LogP contribution in [0.2, 0.25) is 0 Å². The number of nitrogens with one attached hydrogen (secondary N) is 1. The summed E-state index contributed by atoms with van der Waals surface area (Å²) >= 11 is 0. The predicted octanol–water partition coefficient (Wildman–Crippen LogP) is 4.09. The van der Waals surface area contributed by atoms with Gasteiger partial charge in [0.1, 0.15) is 0 Å². The number of hydrazone groups is 1. The van der Waals surface area contributed by atoms with E-state index in [1.807, 2.05) is 0 Å². The molecular weight excluding hydrogens is 208 g/mol. The number of hydrogen-bond donors (Lipinski definition) is 1. The SMILES string of the molecule is CC1=NNC(C(C)C)=C2CCCC(C)CCC12. The smallest absolute Gasteiger partial charge is 0.0423 e. The Morgan fingerprint density at radius 1 is 1.24 bits per heavy atom. The summed E-state index contributed by atoms with van der Waals surface area (Å²) in [5.41, 5.74) is 7.64. The maximum atomic E-state index is 4.52. The Balaban J connectivity index is 2.25. The van der Waals surface area contributed by atoms with Crippen LogP contribution in [0.15, 0.2) is 16.4 Å². The van der Waals surface area contributed by atoms with Crippen LogP contribution >= 0.6 is 0 Å². The number of allylic oxidation sites excluding steroid dienone is 2. The zero-order valence-corrected chi connectivity index (χ0v) is 11.7. The van der Waals surface area contributed by atoms with Gasteiger partial charge < -0.3 is 0 Å². The van der Waals surface area contributed by atoms with Crippen molar-refractivity contribution in [2.45, 2.75) is 59.8 Å². The number of fused-ring (bicyclic) bond motifs is 1. The Hall–Kier alpha value is -0.790. The lowest BCUT2D eigenvalue weighted by Gasteiger charge is -2.32. The largest absolute Gasteiger partial charge is 0.282 e. The van der Waals surface area contributed by atoms with E-state index >= 15 is 0 Å². The molecule has 1 saturated carbocycles. The van der Waals surface area contributed by atoms with Crippen molar-refractivity contribution < 1.29 is 0 Å². The molecule has 0 radical (unpaired) electrons. The third-order valence-corrected chi connectivity index (χ3v) is 4.29. The van der Waals surface area contributed by atoms with Crippen molar-refractivity contribution >= 4 is 5.71 Å². The van der Waals surface area contributed by atoms with Crippen LogP contribution in [0.25, 0.3) is 0 Å². The summed E-state index contributed by atoms with van der Waals surface area (Å²) in [5.74, 6) is 2.08. The number of nitrogens with zero attached hydrogens (tertiary/aromatic N) is 1. The van der Waals surface area contributed by atoms with Gasteiger partial charge in [0.2, 0.25) is 0 Å². The second-order valence-corrected chi connectivity index (χ2v) is 6.09. The Labute approximate surface area is 106 Å². The minimum Gasteiger partial charge on any atom is -0.282 e. The lowest BCUT2D eigenvalue weighted by atomic mass is 9.78. The first kappa shape index (κ1) is 12.7. The highest BCUT2D eigenvalue weighted by Gasteiger charge is 2.27. The van der Waals surface area contributed by atoms with Crippen molar-refractivity contribution in [1.29, 1.82) is 0 Å². The van der Waals surface area contributed by atoms with Crippen molar-refractivity contribution in [3.05, 3.63) is 11.3 Å². The van der Waals surface area contributed by atoms with Crippen LogP contribution in [0, 0.1) is 17.8 Å². The van der Waals surface area contributed by atoms with E-state index in [-0.39, 0.29) is 0 Å². The molecule has 96 valence electrons. The summed E-state index contributed by atoms with van der Waals surface area (Å²) in [6.07, 6.45) is 6.65. The lowest BCUT2D eigenvalue weighted by molar-refractivity contribution is 0.404. The van der Waals surface area contributed by atoms with E-state index in [0.717, 1.165) is 5.92 Å². The van der Waals surface area contributed by atoms with Gasteiger partial charge >= 0.3 is 0 Å². The average Bonchev–Trinajstić information content (AvgIpc) is 2.24. The van der Waals surface area contributed by atoms with Gasteiger partial charge in [-0.1, -0.05) is 27.2 Å². The van der Waals surface area contributed by atoms with Crippen LogP contribution in [-0.4, -0.2) is 5.71 Å². The molecule has 0 aromatic carbocycles. The Morgan fingerprint density at radius 3 is 2.71 bits per heavy atom. The highest BCUT2D eigenvalue weighted by atomic mass is 15.3. The van der Waals surface area contributed by atoms with E-state index in [9.17, 15) is 0 Å². The Bertz CT molecular complexity index is 339. The van der Waals surface area contributed by atoms with E-state index in [0.29, 0.717) is 11.8 Å². The molecule has 1 heterocycles. The molecule has 1 fully saturated rings. The molecule has 0 bridgehead atoms. The van der Waals surface area contributed by atoms with Crippen molar-refractivity contribution in [1.82, 2.24) is 5.43 Å². The molecule has 2 atom stereocenters.